The zero-order valence-electron chi connectivity index (χ0n) is 52.1. The van der Waals surface area contributed by atoms with Gasteiger partial charge in [0, 0.05) is 21.5 Å². The molecule has 3 aliphatic heterocycles. The van der Waals surface area contributed by atoms with Gasteiger partial charge in [-0.15, -0.1) is 0 Å². The first-order chi connectivity index (χ1) is 43.2. The first-order valence-electron chi connectivity index (χ1n) is 32.2. The van der Waals surface area contributed by atoms with Gasteiger partial charge < -0.3 is 43.1 Å². The molecule has 0 spiro atoms. The molecule has 0 N–H and O–H groups in total. The Balaban J connectivity index is 0.000000223. The minimum Gasteiger partial charge on any atom is -0.493 e. The lowest BCUT2D eigenvalue weighted by molar-refractivity contribution is 0.233. The second kappa shape index (κ2) is 29.6. The highest BCUT2D eigenvalue weighted by molar-refractivity contribution is 9.10. The fourth-order valence-corrected chi connectivity index (χ4v) is 12.2. The van der Waals surface area contributed by atoms with Gasteiger partial charge in [-0.2, -0.15) is 0 Å². The van der Waals surface area contributed by atoms with Crippen LogP contribution in [-0.2, 0) is 0 Å². The number of nitrogens with zero attached hydrogens (tertiary/aromatic N) is 3. The molecule has 0 aromatic heterocycles. The van der Waals surface area contributed by atoms with Crippen molar-refractivity contribution in [3.05, 3.63) is 205 Å². The predicted molar refractivity (Wildman–Crippen MR) is 367 cm³/mol. The maximum Gasteiger partial charge on any atom is 0.152 e. The van der Waals surface area contributed by atoms with E-state index >= 15 is 0 Å². The Labute approximate surface area is 530 Å². The zero-order chi connectivity index (χ0) is 60.8. The number of hydrogen-bond acceptors (Lipinski definition) is 9. The molecule has 0 fully saturated rings. The minimum atomic E-state index is 0.583. The Morgan fingerprint density at radius 1 is 0.330 bits per heavy atom. The molecule has 3 atom stereocenters. The standard InChI is InChI=1S/C52H56N2O4.C26H28BrNO2/c1-5-9-15-37(7-3)35-55-43-27-23-41(24-28-43)53-45-17-11-13-19-49(45)57-51-33-39(21-31-47(51)53)40-22-32-48-52(34-40)58-50-20-14-12-18-46(50)54(48)42-25-29-44(30-26-42)56-36-38(8-4)16-10-6-2;1-3-5-8-19(4-2)18-29-22-14-12-21(13-15-22)28-23-9-6-7-10-25(23)30-26-17-20(27)11-16-24(26)28/h11-14,17-34,37-38H,5-10,15-16,35-36H2,1-4H3;6-7,9-17,19H,3-5,8,18H2,1-2H3. The Bertz CT molecular complexity index is 3560. The molecule has 0 bridgehead atoms. The number of rotatable bonds is 25. The van der Waals surface area contributed by atoms with Gasteiger partial charge in [-0.05, 0) is 200 Å². The highest BCUT2D eigenvalue weighted by atomic mass is 79.9. The number of fused-ring (bicyclic) bond motifs is 6. The van der Waals surface area contributed by atoms with Crippen molar-refractivity contribution in [3.8, 4) is 62.9 Å². The molecule has 9 nitrogen and oxygen atoms in total. The van der Waals surface area contributed by atoms with E-state index < -0.39 is 0 Å². The Morgan fingerprint density at radius 3 is 0.943 bits per heavy atom. The summed E-state index contributed by atoms with van der Waals surface area (Å²) in [5.74, 6) is 9.42. The summed E-state index contributed by atoms with van der Waals surface area (Å²) in [5.41, 5.74) is 11.3. The molecular weight excluding hydrogens is 1150 g/mol. The third-order valence-electron chi connectivity index (χ3n) is 17.2. The fourth-order valence-electron chi connectivity index (χ4n) is 11.8. The van der Waals surface area contributed by atoms with Crippen LogP contribution in [0.4, 0.5) is 51.2 Å². The number of unbranched alkanes of at least 4 members (excludes halogenated alkanes) is 3. The van der Waals surface area contributed by atoms with Gasteiger partial charge in [0.05, 0.1) is 53.9 Å². The molecule has 0 amide bonds. The van der Waals surface area contributed by atoms with Gasteiger partial charge in [0.1, 0.15) is 17.2 Å². The average molecular weight is 1240 g/mol. The molecule has 454 valence electrons. The molecule has 88 heavy (non-hydrogen) atoms. The van der Waals surface area contributed by atoms with E-state index in [0.717, 1.165) is 158 Å². The van der Waals surface area contributed by atoms with E-state index in [9.17, 15) is 0 Å². The van der Waals surface area contributed by atoms with E-state index in [1.54, 1.807) is 0 Å². The lowest BCUT2D eigenvalue weighted by Crippen LogP contribution is -2.16. The summed E-state index contributed by atoms with van der Waals surface area (Å²) in [6, 6.07) is 68.9. The average Bonchev–Trinajstić information content (AvgIpc) is 1.34. The van der Waals surface area contributed by atoms with Crippen LogP contribution in [0.15, 0.2) is 205 Å². The van der Waals surface area contributed by atoms with Gasteiger partial charge in [0.25, 0.3) is 0 Å². The van der Waals surface area contributed by atoms with Gasteiger partial charge in [0.15, 0.2) is 34.5 Å². The molecule has 0 saturated carbocycles. The van der Waals surface area contributed by atoms with Crippen molar-refractivity contribution in [2.45, 2.75) is 119 Å². The maximum absolute atomic E-state index is 6.61. The van der Waals surface area contributed by atoms with Gasteiger partial charge in [-0.3, -0.25) is 0 Å². The van der Waals surface area contributed by atoms with Crippen molar-refractivity contribution in [2.24, 2.45) is 17.8 Å². The summed E-state index contributed by atoms with van der Waals surface area (Å²) in [4.78, 5) is 6.78. The molecule has 3 aliphatic rings. The normalized spacial score (nSPS) is 13.5. The fraction of sp³-hybridized carbons (Fsp3) is 0.308. The first-order valence-corrected chi connectivity index (χ1v) is 33.0. The highest BCUT2D eigenvalue weighted by Gasteiger charge is 2.30. The summed E-state index contributed by atoms with van der Waals surface area (Å²) in [5, 5.41) is 0. The van der Waals surface area contributed by atoms with Crippen molar-refractivity contribution < 1.29 is 28.4 Å². The van der Waals surface area contributed by atoms with Crippen LogP contribution in [0.1, 0.15) is 119 Å². The minimum absolute atomic E-state index is 0.583. The third-order valence-corrected chi connectivity index (χ3v) is 17.7. The molecule has 0 radical (unpaired) electrons. The largest absolute Gasteiger partial charge is 0.493 e. The maximum atomic E-state index is 6.61. The number of hydrogen-bond donors (Lipinski definition) is 0. The van der Waals surface area contributed by atoms with Crippen molar-refractivity contribution in [2.75, 3.05) is 34.5 Å². The second-order valence-electron chi connectivity index (χ2n) is 23.4. The summed E-state index contributed by atoms with van der Waals surface area (Å²) >= 11 is 3.55. The summed E-state index contributed by atoms with van der Waals surface area (Å²) in [6.07, 6.45) is 14.5. The molecule has 9 aromatic rings. The SMILES string of the molecule is CCCCC(CC)COc1ccc(N2c3ccccc3Oc3cc(-c4ccc5c(c4)Oc4ccccc4N5c4ccc(OCC(CC)CCCC)cc4)ccc32)cc1.CCCCC(CC)COc1ccc(N2c3ccccc3Oc3cc(Br)ccc32)cc1. The second-order valence-corrected chi connectivity index (χ2v) is 24.3. The molecule has 0 aliphatic carbocycles. The molecule has 0 saturated heterocycles. The summed E-state index contributed by atoms with van der Waals surface area (Å²) in [6.45, 7) is 15.8. The Kier molecular flexibility index (Phi) is 20.6. The molecule has 10 heteroatoms. The number of para-hydroxylation sites is 6. The van der Waals surface area contributed by atoms with Crippen molar-refractivity contribution in [3.63, 3.8) is 0 Å². The molecule has 12 rings (SSSR count). The third kappa shape index (κ3) is 14.3. The predicted octanol–water partition coefficient (Wildman–Crippen LogP) is 24.3. The quantitative estimate of drug-likeness (QED) is 0.0557. The van der Waals surface area contributed by atoms with Crippen molar-refractivity contribution >= 4 is 67.1 Å². The van der Waals surface area contributed by atoms with Gasteiger partial charge in [0.2, 0.25) is 0 Å². The monoisotopic (exact) mass is 1240 g/mol. The van der Waals surface area contributed by atoms with E-state index in [1.165, 1.54) is 57.8 Å². The van der Waals surface area contributed by atoms with E-state index in [4.69, 9.17) is 28.4 Å². The molecule has 3 unspecified atom stereocenters. The van der Waals surface area contributed by atoms with Crippen LogP contribution in [0, 0.1) is 17.8 Å². The van der Waals surface area contributed by atoms with E-state index in [-0.39, 0.29) is 0 Å². The summed E-state index contributed by atoms with van der Waals surface area (Å²) in [7, 11) is 0. The van der Waals surface area contributed by atoms with Crippen LogP contribution in [0.2, 0.25) is 0 Å². The van der Waals surface area contributed by atoms with Gasteiger partial charge in [-0.25, -0.2) is 0 Å². The van der Waals surface area contributed by atoms with Crippen LogP contribution in [-0.4, -0.2) is 19.8 Å². The zero-order valence-corrected chi connectivity index (χ0v) is 53.6. The number of ether oxygens (including phenoxy) is 6. The lowest BCUT2D eigenvalue weighted by atomic mass is 10.0. The topological polar surface area (TPSA) is 65.1 Å². The van der Waals surface area contributed by atoms with Crippen LogP contribution >= 0.6 is 15.9 Å². The van der Waals surface area contributed by atoms with E-state index in [0.29, 0.717) is 17.8 Å². The number of anilines is 9. The molecule has 3 heterocycles. The van der Waals surface area contributed by atoms with Crippen LogP contribution in [0.3, 0.4) is 0 Å². The number of benzene rings is 9. The van der Waals surface area contributed by atoms with Crippen LogP contribution < -0.4 is 43.1 Å². The Hall–Kier alpha value is -8.34. The first kappa shape index (κ1) is 61.3. The van der Waals surface area contributed by atoms with Gasteiger partial charge in [-0.1, -0.05) is 164 Å². The highest BCUT2D eigenvalue weighted by Crippen LogP contribution is 2.55. The number of halogens is 1. The Morgan fingerprint density at radius 2 is 0.625 bits per heavy atom. The molecular formula is C78H84BrN3O6. The molecule has 9 aromatic carbocycles. The van der Waals surface area contributed by atoms with Crippen LogP contribution in [0.5, 0.6) is 51.7 Å². The smallest absolute Gasteiger partial charge is 0.152 e. The van der Waals surface area contributed by atoms with Gasteiger partial charge >= 0.3 is 0 Å². The van der Waals surface area contributed by atoms with Crippen molar-refractivity contribution in [1.82, 2.24) is 0 Å². The van der Waals surface area contributed by atoms with E-state index in [1.807, 2.05) is 54.6 Å². The van der Waals surface area contributed by atoms with Crippen LogP contribution in [0.25, 0.3) is 11.1 Å². The van der Waals surface area contributed by atoms with E-state index in [2.05, 4.69) is 218 Å². The van der Waals surface area contributed by atoms with Crippen molar-refractivity contribution in [1.29, 1.82) is 0 Å². The summed E-state index contributed by atoms with van der Waals surface area (Å²) < 4.78 is 39.0. The lowest BCUT2D eigenvalue weighted by Gasteiger charge is -2.34.